The van der Waals surface area contributed by atoms with Gasteiger partial charge in [0.05, 0.1) is 0 Å². The highest BCUT2D eigenvalue weighted by atomic mass is 16.4. The third-order valence-corrected chi connectivity index (χ3v) is 3.42. The molecular weight excluding hydrogens is 230 g/mol. The SMILES string of the molecule is C=C[C@H](c1ccccc1)[C@@]1(C(=O)O)CCC(=O)N1. The molecule has 1 aromatic rings. The summed E-state index contributed by atoms with van der Waals surface area (Å²) in [5.74, 6) is -1.66. The van der Waals surface area contributed by atoms with Gasteiger partial charge in [0.2, 0.25) is 5.91 Å². The van der Waals surface area contributed by atoms with Gasteiger partial charge in [0, 0.05) is 12.3 Å². The van der Waals surface area contributed by atoms with Crippen LogP contribution in [0.15, 0.2) is 43.0 Å². The van der Waals surface area contributed by atoms with Gasteiger partial charge in [-0.15, -0.1) is 6.58 Å². The Kier molecular flexibility index (Phi) is 3.19. The van der Waals surface area contributed by atoms with Crippen LogP contribution in [0.25, 0.3) is 0 Å². The summed E-state index contributed by atoms with van der Waals surface area (Å²) in [7, 11) is 0. The van der Waals surface area contributed by atoms with E-state index >= 15 is 0 Å². The zero-order valence-corrected chi connectivity index (χ0v) is 9.93. The molecular formula is C14H15NO3. The highest BCUT2D eigenvalue weighted by molar-refractivity contribution is 5.92. The number of aliphatic carboxylic acids is 1. The number of carboxylic acids is 1. The Morgan fingerprint density at radius 3 is 2.56 bits per heavy atom. The van der Waals surface area contributed by atoms with Crippen molar-refractivity contribution in [3.05, 3.63) is 48.6 Å². The highest BCUT2D eigenvalue weighted by Crippen LogP contribution is 2.36. The molecule has 4 nitrogen and oxygen atoms in total. The van der Waals surface area contributed by atoms with Crippen molar-refractivity contribution in [3.8, 4) is 0 Å². The van der Waals surface area contributed by atoms with Crippen LogP contribution in [0.1, 0.15) is 24.3 Å². The van der Waals surface area contributed by atoms with E-state index in [0.29, 0.717) is 0 Å². The lowest BCUT2D eigenvalue weighted by Gasteiger charge is -2.31. The van der Waals surface area contributed by atoms with Gasteiger partial charge in [0.1, 0.15) is 5.54 Å². The fourth-order valence-electron chi connectivity index (χ4n) is 2.49. The first kappa shape index (κ1) is 12.4. The van der Waals surface area contributed by atoms with Crippen molar-refractivity contribution >= 4 is 11.9 Å². The van der Waals surface area contributed by atoms with Gasteiger partial charge in [-0.1, -0.05) is 36.4 Å². The molecule has 4 heteroatoms. The van der Waals surface area contributed by atoms with Gasteiger partial charge in [-0.25, -0.2) is 4.79 Å². The van der Waals surface area contributed by atoms with E-state index in [1.54, 1.807) is 6.08 Å². The molecule has 0 radical (unpaired) electrons. The van der Waals surface area contributed by atoms with Crippen molar-refractivity contribution < 1.29 is 14.7 Å². The van der Waals surface area contributed by atoms with Gasteiger partial charge < -0.3 is 10.4 Å². The maximum absolute atomic E-state index is 11.6. The Labute approximate surface area is 105 Å². The fraction of sp³-hybridized carbons (Fsp3) is 0.286. The van der Waals surface area contributed by atoms with Crippen LogP contribution in [0.4, 0.5) is 0 Å². The molecule has 0 aromatic heterocycles. The molecule has 1 fully saturated rings. The smallest absolute Gasteiger partial charge is 0.330 e. The lowest BCUT2D eigenvalue weighted by molar-refractivity contribution is -0.146. The quantitative estimate of drug-likeness (QED) is 0.793. The number of benzene rings is 1. The summed E-state index contributed by atoms with van der Waals surface area (Å²) in [4.78, 5) is 23.0. The predicted molar refractivity (Wildman–Crippen MR) is 67.1 cm³/mol. The second-order valence-electron chi connectivity index (χ2n) is 4.45. The molecule has 1 aromatic carbocycles. The standard InChI is InChI=1S/C14H15NO3/c1-2-11(10-6-4-3-5-7-10)14(13(17)18)9-8-12(16)15-14/h2-7,11H,1,8-9H2,(H,15,16)(H,17,18)/t11-,14-/m1/s1. The van der Waals surface area contributed by atoms with Crippen molar-refractivity contribution in [2.75, 3.05) is 0 Å². The first-order chi connectivity index (χ1) is 8.60. The van der Waals surface area contributed by atoms with Crippen molar-refractivity contribution in [2.45, 2.75) is 24.3 Å². The van der Waals surface area contributed by atoms with Crippen molar-refractivity contribution in [1.82, 2.24) is 5.32 Å². The molecule has 2 atom stereocenters. The number of carbonyl (C=O) groups is 2. The molecule has 18 heavy (non-hydrogen) atoms. The largest absolute Gasteiger partial charge is 0.479 e. The van der Waals surface area contributed by atoms with E-state index in [0.717, 1.165) is 5.56 Å². The number of nitrogens with one attached hydrogen (secondary N) is 1. The maximum Gasteiger partial charge on any atom is 0.330 e. The Hall–Kier alpha value is -2.10. The summed E-state index contributed by atoms with van der Waals surface area (Å²) in [5.41, 5.74) is -0.419. The molecule has 94 valence electrons. The molecule has 1 heterocycles. The lowest BCUT2D eigenvalue weighted by atomic mass is 9.78. The molecule has 1 amide bonds. The molecule has 0 aliphatic carbocycles. The topological polar surface area (TPSA) is 66.4 Å². The fourth-order valence-corrected chi connectivity index (χ4v) is 2.49. The van der Waals surface area contributed by atoms with Gasteiger partial charge in [0.25, 0.3) is 0 Å². The minimum absolute atomic E-state index is 0.222. The third kappa shape index (κ3) is 1.90. The Balaban J connectivity index is 2.44. The van der Waals surface area contributed by atoms with Crippen LogP contribution < -0.4 is 5.32 Å². The highest BCUT2D eigenvalue weighted by Gasteiger charge is 2.50. The van der Waals surface area contributed by atoms with Crippen LogP contribution in [0.3, 0.4) is 0 Å². The van der Waals surface area contributed by atoms with Crippen molar-refractivity contribution in [2.24, 2.45) is 0 Å². The van der Waals surface area contributed by atoms with E-state index in [1.165, 1.54) is 0 Å². The Bertz CT molecular complexity index is 483. The molecule has 2 N–H and O–H groups in total. The summed E-state index contributed by atoms with van der Waals surface area (Å²) in [6.45, 7) is 3.72. The van der Waals surface area contributed by atoms with E-state index in [-0.39, 0.29) is 18.7 Å². The number of carbonyl (C=O) groups excluding carboxylic acids is 1. The van der Waals surface area contributed by atoms with E-state index in [9.17, 15) is 14.7 Å². The van der Waals surface area contributed by atoms with E-state index in [1.807, 2.05) is 30.3 Å². The summed E-state index contributed by atoms with van der Waals surface area (Å²) < 4.78 is 0. The van der Waals surface area contributed by atoms with Crippen molar-refractivity contribution in [1.29, 1.82) is 0 Å². The maximum atomic E-state index is 11.6. The molecule has 0 unspecified atom stereocenters. The van der Waals surface area contributed by atoms with Gasteiger partial charge in [-0.05, 0) is 12.0 Å². The Morgan fingerprint density at radius 1 is 1.44 bits per heavy atom. The predicted octanol–water partition coefficient (Wildman–Crippen LogP) is 1.69. The zero-order chi connectivity index (χ0) is 13.2. The first-order valence-electron chi connectivity index (χ1n) is 5.82. The average Bonchev–Trinajstić information content (AvgIpc) is 2.75. The van der Waals surface area contributed by atoms with Crippen LogP contribution in [-0.2, 0) is 9.59 Å². The third-order valence-electron chi connectivity index (χ3n) is 3.42. The molecule has 1 aliphatic heterocycles. The van der Waals surface area contributed by atoms with Gasteiger partial charge in [-0.3, -0.25) is 4.79 Å². The zero-order valence-electron chi connectivity index (χ0n) is 9.93. The molecule has 0 saturated carbocycles. The second kappa shape index (κ2) is 4.64. The molecule has 2 rings (SSSR count). The number of amides is 1. The summed E-state index contributed by atoms with van der Waals surface area (Å²) in [6.07, 6.45) is 2.12. The van der Waals surface area contributed by atoms with E-state index < -0.39 is 17.4 Å². The van der Waals surface area contributed by atoms with Crippen LogP contribution in [0, 0.1) is 0 Å². The Morgan fingerprint density at radius 2 is 2.11 bits per heavy atom. The minimum Gasteiger partial charge on any atom is -0.479 e. The van der Waals surface area contributed by atoms with Crippen LogP contribution in [0.5, 0.6) is 0 Å². The lowest BCUT2D eigenvalue weighted by Crippen LogP contribution is -2.53. The normalized spacial score (nSPS) is 24.3. The minimum atomic E-state index is -1.26. The average molecular weight is 245 g/mol. The summed E-state index contributed by atoms with van der Waals surface area (Å²) in [6, 6.07) is 9.25. The first-order valence-corrected chi connectivity index (χ1v) is 5.82. The number of rotatable bonds is 4. The van der Waals surface area contributed by atoms with Gasteiger partial charge in [-0.2, -0.15) is 0 Å². The van der Waals surface area contributed by atoms with Gasteiger partial charge >= 0.3 is 5.97 Å². The van der Waals surface area contributed by atoms with Crippen molar-refractivity contribution in [3.63, 3.8) is 0 Å². The van der Waals surface area contributed by atoms with Crippen LogP contribution >= 0.6 is 0 Å². The molecule has 1 aliphatic rings. The monoisotopic (exact) mass is 245 g/mol. The summed E-state index contributed by atoms with van der Waals surface area (Å²) >= 11 is 0. The van der Waals surface area contributed by atoms with E-state index in [4.69, 9.17) is 0 Å². The number of hydrogen-bond acceptors (Lipinski definition) is 2. The van der Waals surface area contributed by atoms with Gasteiger partial charge in [0.15, 0.2) is 0 Å². The van der Waals surface area contributed by atoms with E-state index in [2.05, 4.69) is 11.9 Å². The van der Waals surface area contributed by atoms with Crippen LogP contribution in [-0.4, -0.2) is 22.5 Å². The molecule has 0 spiro atoms. The molecule has 0 bridgehead atoms. The number of hydrogen-bond donors (Lipinski definition) is 2. The second-order valence-corrected chi connectivity index (χ2v) is 4.45. The summed E-state index contributed by atoms with van der Waals surface area (Å²) in [5, 5.41) is 12.1. The number of carboxylic acid groups (broad SMARTS) is 1. The molecule has 1 saturated heterocycles. The van der Waals surface area contributed by atoms with Crippen LogP contribution in [0.2, 0.25) is 0 Å².